The molecule has 1 heterocycles. The predicted octanol–water partition coefficient (Wildman–Crippen LogP) is 1.37. The Morgan fingerprint density at radius 3 is 2.63 bits per heavy atom. The number of hydrogen-bond acceptors (Lipinski definition) is 3. The molecule has 2 N–H and O–H groups in total. The summed E-state index contributed by atoms with van der Waals surface area (Å²) in [4.78, 5) is 14.3. The topological polar surface area (TPSA) is 44.4 Å². The van der Waals surface area contributed by atoms with Gasteiger partial charge in [0.15, 0.2) is 0 Å². The molecular formula is C15H29N3O. The number of hydrogen-bond donors (Lipinski definition) is 2. The van der Waals surface area contributed by atoms with E-state index in [9.17, 15) is 4.79 Å². The van der Waals surface area contributed by atoms with Crippen LogP contribution < -0.4 is 10.6 Å². The molecule has 0 radical (unpaired) electrons. The van der Waals surface area contributed by atoms with Crippen LogP contribution in [0.15, 0.2) is 0 Å². The monoisotopic (exact) mass is 267 g/mol. The fraction of sp³-hybridized carbons (Fsp3) is 0.933. The number of amides is 1. The first-order valence-corrected chi connectivity index (χ1v) is 7.89. The van der Waals surface area contributed by atoms with Crippen LogP contribution in [0.2, 0.25) is 0 Å². The van der Waals surface area contributed by atoms with Crippen molar-refractivity contribution in [2.45, 2.75) is 58.0 Å². The van der Waals surface area contributed by atoms with Gasteiger partial charge in [-0.25, -0.2) is 0 Å². The molecule has 1 saturated heterocycles. The molecule has 0 bridgehead atoms. The van der Waals surface area contributed by atoms with E-state index in [2.05, 4.69) is 29.4 Å². The SMILES string of the molecule is CC(C)N1CCC(CNCC(=O)NC2CCCC2)C1. The van der Waals surface area contributed by atoms with E-state index in [-0.39, 0.29) is 5.91 Å². The zero-order chi connectivity index (χ0) is 13.7. The van der Waals surface area contributed by atoms with Gasteiger partial charge in [0.05, 0.1) is 6.54 Å². The van der Waals surface area contributed by atoms with Crippen molar-refractivity contribution >= 4 is 5.91 Å². The molecule has 1 saturated carbocycles. The molecule has 0 aromatic carbocycles. The Hall–Kier alpha value is -0.610. The van der Waals surface area contributed by atoms with E-state index in [0.29, 0.717) is 24.5 Å². The second kappa shape index (κ2) is 7.25. The van der Waals surface area contributed by atoms with Gasteiger partial charge in [0.25, 0.3) is 0 Å². The zero-order valence-electron chi connectivity index (χ0n) is 12.5. The molecular weight excluding hydrogens is 238 g/mol. The van der Waals surface area contributed by atoms with Crippen LogP contribution in [0.1, 0.15) is 46.0 Å². The highest BCUT2D eigenvalue weighted by atomic mass is 16.1. The molecule has 1 atom stereocenters. The number of likely N-dealkylation sites (tertiary alicyclic amines) is 1. The summed E-state index contributed by atoms with van der Waals surface area (Å²) in [5, 5.41) is 6.44. The summed E-state index contributed by atoms with van der Waals surface area (Å²) in [6.45, 7) is 8.35. The van der Waals surface area contributed by atoms with Crippen LogP contribution in [-0.4, -0.2) is 49.1 Å². The van der Waals surface area contributed by atoms with Crippen LogP contribution in [0.3, 0.4) is 0 Å². The third-order valence-corrected chi connectivity index (χ3v) is 4.49. The van der Waals surface area contributed by atoms with Gasteiger partial charge in [-0.3, -0.25) is 4.79 Å². The average Bonchev–Trinajstić information content (AvgIpc) is 3.00. The zero-order valence-corrected chi connectivity index (χ0v) is 12.5. The van der Waals surface area contributed by atoms with E-state index in [1.165, 1.54) is 32.4 Å². The largest absolute Gasteiger partial charge is 0.352 e. The lowest BCUT2D eigenvalue weighted by atomic mass is 10.1. The van der Waals surface area contributed by atoms with E-state index < -0.39 is 0 Å². The van der Waals surface area contributed by atoms with Crippen LogP contribution in [-0.2, 0) is 4.79 Å². The molecule has 1 aliphatic heterocycles. The fourth-order valence-electron chi connectivity index (χ4n) is 3.24. The predicted molar refractivity (Wildman–Crippen MR) is 78.1 cm³/mol. The van der Waals surface area contributed by atoms with Crippen LogP contribution in [0.5, 0.6) is 0 Å². The molecule has 19 heavy (non-hydrogen) atoms. The number of rotatable bonds is 6. The molecule has 2 fully saturated rings. The smallest absolute Gasteiger partial charge is 0.234 e. The Kier molecular flexibility index (Phi) is 5.64. The Morgan fingerprint density at radius 1 is 1.26 bits per heavy atom. The van der Waals surface area contributed by atoms with E-state index in [4.69, 9.17) is 0 Å². The van der Waals surface area contributed by atoms with Crippen molar-refractivity contribution in [2.24, 2.45) is 5.92 Å². The third kappa shape index (κ3) is 4.77. The van der Waals surface area contributed by atoms with Crippen LogP contribution in [0.25, 0.3) is 0 Å². The minimum Gasteiger partial charge on any atom is -0.352 e. The molecule has 1 aliphatic carbocycles. The highest BCUT2D eigenvalue weighted by molar-refractivity contribution is 5.78. The Balaban J connectivity index is 1.55. The van der Waals surface area contributed by atoms with Crippen molar-refractivity contribution in [3.8, 4) is 0 Å². The molecule has 4 nitrogen and oxygen atoms in total. The summed E-state index contributed by atoms with van der Waals surface area (Å²) in [6, 6.07) is 1.09. The highest BCUT2D eigenvalue weighted by Crippen LogP contribution is 2.18. The molecule has 4 heteroatoms. The van der Waals surface area contributed by atoms with Gasteiger partial charge in [-0.05, 0) is 52.1 Å². The number of nitrogens with one attached hydrogen (secondary N) is 2. The lowest BCUT2D eigenvalue weighted by Crippen LogP contribution is -2.40. The van der Waals surface area contributed by atoms with Crippen molar-refractivity contribution in [2.75, 3.05) is 26.2 Å². The number of carbonyl (C=O) groups is 1. The molecule has 2 aliphatic rings. The minimum atomic E-state index is 0.172. The molecule has 1 unspecified atom stereocenters. The lowest BCUT2D eigenvalue weighted by molar-refractivity contribution is -0.120. The molecule has 110 valence electrons. The second-order valence-corrected chi connectivity index (χ2v) is 6.42. The van der Waals surface area contributed by atoms with Crippen molar-refractivity contribution in [1.29, 1.82) is 0 Å². The number of nitrogens with zero attached hydrogens (tertiary/aromatic N) is 1. The van der Waals surface area contributed by atoms with Crippen LogP contribution in [0.4, 0.5) is 0 Å². The van der Waals surface area contributed by atoms with Gasteiger partial charge >= 0.3 is 0 Å². The Morgan fingerprint density at radius 2 is 2.00 bits per heavy atom. The van der Waals surface area contributed by atoms with Gasteiger partial charge < -0.3 is 15.5 Å². The second-order valence-electron chi connectivity index (χ2n) is 6.42. The molecule has 1 amide bonds. The normalized spacial score (nSPS) is 25.3. The average molecular weight is 267 g/mol. The Labute approximate surface area is 117 Å². The minimum absolute atomic E-state index is 0.172. The van der Waals surface area contributed by atoms with Gasteiger partial charge in [-0.1, -0.05) is 12.8 Å². The van der Waals surface area contributed by atoms with Gasteiger partial charge in [-0.2, -0.15) is 0 Å². The maximum absolute atomic E-state index is 11.8. The van der Waals surface area contributed by atoms with Crippen molar-refractivity contribution in [3.63, 3.8) is 0 Å². The van der Waals surface area contributed by atoms with Crippen molar-refractivity contribution in [3.05, 3.63) is 0 Å². The van der Waals surface area contributed by atoms with Gasteiger partial charge in [0, 0.05) is 18.6 Å². The summed E-state index contributed by atoms with van der Waals surface area (Å²) in [5.41, 5.74) is 0. The van der Waals surface area contributed by atoms with Crippen LogP contribution in [0, 0.1) is 5.92 Å². The maximum Gasteiger partial charge on any atom is 0.234 e. The quantitative estimate of drug-likeness (QED) is 0.764. The van der Waals surface area contributed by atoms with Gasteiger partial charge in [0.2, 0.25) is 5.91 Å². The molecule has 0 aromatic heterocycles. The Bertz CT molecular complexity index is 287. The summed E-state index contributed by atoms with van der Waals surface area (Å²) >= 11 is 0. The fourth-order valence-corrected chi connectivity index (χ4v) is 3.24. The van der Waals surface area contributed by atoms with Crippen molar-refractivity contribution < 1.29 is 4.79 Å². The standard InChI is InChI=1S/C15H29N3O/c1-12(2)18-8-7-13(11-18)9-16-10-15(19)17-14-5-3-4-6-14/h12-14,16H,3-11H2,1-2H3,(H,17,19). The molecule has 0 aromatic rings. The molecule has 0 spiro atoms. The van der Waals surface area contributed by atoms with Gasteiger partial charge in [0.1, 0.15) is 0 Å². The third-order valence-electron chi connectivity index (χ3n) is 4.49. The number of carbonyl (C=O) groups excluding carboxylic acids is 1. The van der Waals surface area contributed by atoms with Crippen LogP contribution >= 0.6 is 0 Å². The van der Waals surface area contributed by atoms with Crippen molar-refractivity contribution in [1.82, 2.24) is 15.5 Å². The first-order chi connectivity index (χ1) is 9.15. The summed E-state index contributed by atoms with van der Waals surface area (Å²) in [6.07, 6.45) is 6.13. The lowest BCUT2D eigenvalue weighted by Gasteiger charge is -2.20. The van der Waals surface area contributed by atoms with Gasteiger partial charge in [-0.15, -0.1) is 0 Å². The van der Waals surface area contributed by atoms with E-state index in [1.54, 1.807) is 0 Å². The highest BCUT2D eigenvalue weighted by Gasteiger charge is 2.24. The molecule has 2 rings (SSSR count). The van der Waals surface area contributed by atoms with E-state index in [0.717, 1.165) is 19.4 Å². The first kappa shape index (κ1) is 14.8. The first-order valence-electron chi connectivity index (χ1n) is 7.89. The summed E-state index contributed by atoms with van der Waals surface area (Å²) in [7, 11) is 0. The summed E-state index contributed by atoms with van der Waals surface area (Å²) < 4.78 is 0. The maximum atomic E-state index is 11.8. The van der Waals surface area contributed by atoms with E-state index in [1.807, 2.05) is 0 Å². The summed E-state index contributed by atoms with van der Waals surface area (Å²) in [5.74, 6) is 0.882. The van der Waals surface area contributed by atoms with E-state index >= 15 is 0 Å².